The van der Waals surface area contributed by atoms with Gasteiger partial charge < -0.3 is 10.1 Å². The molecule has 31 heavy (non-hydrogen) atoms. The van der Waals surface area contributed by atoms with E-state index in [9.17, 15) is 14.4 Å². The Labute approximate surface area is 195 Å². The number of amides is 1. The Balaban J connectivity index is 1.87. The summed E-state index contributed by atoms with van der Waals surface area (Å²) < 4.78 is 5.66. The average molecular weight is 482 g/mol. The highest BCUT2D eigenvalue weighted by Crippen LogP contribution is 2.26. The summed E-state index contributed by atoms with van der Waals surface area (Å²) in [6.07, 6.45) is 4.58. The van der Waals surface area contributed by atoms with Crippen molar-refractivity contribution in [3.05, 3.63) is 28.2 Å². The number of hydrogen-bond donors (Lipinski definition) is 2. The molecule has 4 bridgehead atoms. The molecule has 1 aromatic rings. The molecule has 3 heterocycles. The van der Waals surface area contributed by atoms with Gasteiger partial charge in [-0.3, -0.25) is 14.6 Å². The second kappa shape index (κ2) is 11.3. The fourth-order valence-electron chi connectivity index (χ4n) is 3.19. The molecule has 0 aliphatic carbocycles. The summed E-state index contributed by atoms with van der Waals surface area (Å²) >= 11 is 7.15. The number of carbonyl (C=O) groups is 3. The predicted octanol–water partition coefficient (Wildman–Crippen LogP) is 2.84. The van der Waals surface area contributed by atoms with Crippen LogP contribution in [0.25, 0.3) is 0 Å². The summed E-state index contributed by atoms with van der Waals surface area (Å²) in [5, 5.41) is 6.29. The minimum absolute atomic E-state index is 0.00468. The van der Waals surface area contributed by atoms with E-state index in [1.165, 1.54) is 23.1 Å². The first kappa shape index (κ1) is 24.0. The van der Waals surface area contributed by atoms with Crippen molar-refractivity contribution in [2.45, 2.75) is 57.7 Å². The van der Waals surface area contributed by atoms with Crippen LogP contribution in [0, 0.1) is 5.92 Å². The lowest BCUT2D eigenvalue weighted by molar-refractivity contribution is -0.153. The topological polar surface area (TPSA) is 97.7 Å². The Hall–Kier alpha value is -1.65. The zero-order valence-electron chi connectivity index (χ0n) is 17.6. The van der Waals surface area contributed by atoms with Crippen molar-refractivity contribution in [2.75, 3.05) is 11.5 Å². The molecule has 1 amide bonds. The number of thioether (sulfide) groups is 1. The van der Waals surface area contributed by atoms with Crippen LogP contribution in [0.2, 0.25) is 0 Å². The SMILES string of the molecule is CC(C)C1NC(=O)[C@H]2CSC(=N2)c2csc(n2)CCC(=O)C[C@@H](/C=C/CCS)OC1=O. The van der Waals surface area contributed by atoms with Gasteiger partial charge in [0.1, 0.15) is 34.7 Å². The molecule has 1 aromatic heterocycles. The zero-order valence-corrected chi connectivity index (χ0v) is 20.1. The van der Waals surface area contributed by atoms with Crippen molar-refractivity contribution in [1.82, 2.24) is 10.3 Å². The molecule has 10 heteroatoms. The maximum absolute atomic E-state index is 12.9. The van der Waals surface area contributed by atoms with Crippen LogP contribution in [0.1, 0.15) is 43.8 Å². The van der Waals surface area contributed by atoms with Crippen LogP contribution in [0.3, 0.4) is 0 Å². The number of aryl methyl sites for hydroxylation is 1. The van der Waals surface area contributed by atoms with E-state index in [-0.39, 0.29) is 24.0 Å². The number of ether oxygens (including phenoxy) is 1. The third-order valence-electron chi connectivity index (χ3n) is 4.90. The van der Waals surface area contributed by atoms with Gasteiger partial charge in [0, 0.05) is 30.4 Å². The summed E-state index contributed by atoms with van der Waals surface area (Å²) in [7, 11) is 0. The van der Waals surface area contributed by atoms with Gasteiger partial charge in [0.25, 0.3) is 0 Å². The van der Waals surface area contributed by atoms with Gasteiger partial charge in [-0.1, -0.05) is 19.9 Å². The second-order valence-corrected chi connectivity index (χ2v) is 10.2. The monoisotopic (exact) mass is 481 g/mol. The van der Waals surface area contributed by atoms with Gasteiger partial charge in [-0.25, -0.2) is 9.78 Å². The molecule has 2 aliphatic heterocycles. The minimum Gasteiger partial charge on any atom is -0.456 e. The summed E-state index contributed by atoms with van der Waals surface area (Å²) in [4.78, 5) is 47.4. The number of fused-ring (bicyclic) bond motifs is 4. The smallest absolute Gasteiger partial charge is 0.329 e. The number of Topliss-reactive ketones (excluding diaryl/α,β-unsaturated/α-hetero) is 1. The van der Waals surface area contributed by atoms with Crippen molar-refractivity contribution < 1.29 is 19.1 Å². The molecule has 1 unspecified atom stereocenters. The van der Waals surface area contributed by atoms with Crippen molar-refractivity contribution in [3.8, 4) is 0 Å². The maximum Gasteiger partial charge on any atom is 0.329 e. The van der Waals surface area contributed by atoms with Gasteiger partial charge in [0.2, 0.25) is 5.91 Å². The minimum atomic E-state index is -0.814. The molecule has 0 saturated heterocycles. The third-order valence-corrected chi connectivity index (χ3v) is 7.14. The number of thiol groups is 1. The molecular weight excluding hydrogens is 454 g/mol. The quantitative estimate of drug-likeness (QED) is 0.390. The largest absolute Gasteiger partial charge is 0.456 e. The van der Waals surface area contributed by atoms with Gasteiger partial charge in [0.05, 0.1) is 5.01 Å². The van der Waals surface area contributed by atoms with Crippen molar-refractivity contribution >= 4 is 58.4 Å². The van der Waals surface area contributed by atoms with Gasteiger partial charge in [-0.2, -0.15) is 12.6 Å². The number of esters is 1. The number of cyclic esters (lactones) is 1. The number of rotatable bonds is 4. The van der Waals surface area contributed by atoms with E-state index >= 15 is 0 Å². The highest BCUT2D eigenvalue weighted by Gasteiger charge is 2.33. The van der Waals surface area contributed by atoms with E-state index in [2.05, 4.69) is 27.9 Å². The lowest BCUT2D eigenvalue weighted by Gasteiger charge is -2.24. The van der Waals surface area contributed by atoms with Gasteiger partial charge in [0.15, 0.2) is 0 Å². The van der Waals surface area contributed by atoms with Crippen LogP contribution in [0.15, 0.2) is 22.5 Å². The summed E-state index contributed by atoms with van der Waals surface area (Å²) in [6.45, 7) is 3.69. The van der Waals surface area contributed by atoms with Crippen LogP contribution in [-0.2, 0) is 25.5 Å². The number of ketones is 1. The predicted molar refractivity (Wildman–Crippen MR) is 127 cm³/mol. The molecule has 0 fully saturated rings. The Morgan fingerprint density at radius 2 is 2.13 bits per heavy atom. The molecule has 7 nitrogen and oxygen atoms in total. The molecule has 168 valence electrons. The van der Waals surface area contributed by atoms with Gasteiger partial charge in [-0.05, 0) is 24.2 Å². The number of carbonyl (C=O) groups excluding carboxylic acids is 3. The second-order valence-electron chi connectivity index (χ2n) is 7.78. The standard InChI is InChI=1S/C21H27N3O4S3/c1-12(2)18-21(27)28-14(5-3-4-8-29)9-13(25)6-7-17-22-16(11-30-17)20-23-15(10-31-20)19(26)24-18/h3,5,11-12,14-15,18,29H,4,6-10H2,1-2H3,(H,24,26)/b5-3+/t14-,15-,18?/m1/s1. The fourth-order valence-corrected chi connectivity index (χ4v) is 5.19. The lowest BCUT2D eigenvalue weighted by Crippen LogP contribution is -2.49. The third kappa shape index (κ3) is 6.66. The van der Waals surface area contributed by atoms with E-state index in [1.807, 2.05) is 25.3 Å². The van der Waals surface area contributed by atoms with E-state index in [1.54, 1.807) is 6.08 Å². The first-order valence-electron chi connectivity index (χ1n) is 10.3. The molecule has 0 aromatic carbocycles. The van der Waals surface area contributed by atoms with Crippen LogP contribution >= 0.6 is 35.7 Å². The molecule has 3 rings (SSSR count). The first-order chi connectivity index (χ1) is 14.9. The van der Waals surface area contributed by atoms with E-state index in [4.69, 9.17) is 4.74 Å². The number of thiazole rings is 1. The van der Waals surface area contributed by atoms with E-state index in [0.29, 0.717) is 30.8 Å². The summed E-state index contributed by atoms with van der Waals surface area (Å²) in [6, 6.07) is -1.38. The average Bonchev–Trinajstić information content (AvgIpc) is 3.39. The number of aliphatic imine (C=N–C) groups is 1. The van der Waals surface area contributed by atoms with Gasteiger partial charge >= 0.3 is 5.97 Å². The Morgan fingerprint density at radius 3 is 2.87 bits per heavy atom. The molecule has 0 radical (unpaired) electrons. The molecule has 0 spiro atoms. The molecular formula is C21H27N3O4S3. The molecule has 3 atom stereocenters. The van der Waals surface area contributed by atoms with Crippen molar-refractivity contribution in [2.24, 2.45) is 10.9 Å². The lowest BCUT2D eigenvalue weighted by atomic mass is 10.0. The fraction of sp³-hybridized carbons (Fsp3) is 0.571. The Bertz CT molecular complexity index is 881. The van der Waals surface area contributed by atoms with Crippen LogP contribution in [0.4, 0.5) is 0 Å². The summed E-state index contributed by atoms with van der Waals surface area (Å²) in [5.41, 5.74) is 0.743. The maximum atomic E-state index is 12.9. The highest BCUT2D eigenvalue weighted by atomic mass is 32.2. The zero-order chi connectivity index (χ0) is 22.4. The van der Waals surface area contributed by atoms with Crippen LogP contribution in [-0.4, -0.2) is 57.4 Å². The number of nitrogens with one attached hydrogen (secondary N) is 1. The molecule has 1 N–H and O–H groups in total. The number of allylic oxidation sites excluding steroid dienone is 1. The van der Waals surface area contributed by atoms with Gasteiger partial charge in [-0.15, -0.1) is 23.1 Å². The van der Waals surface area contributed by atoms with Crippen LogP contribution < -0.4 is 5.32 Å². The summed E-state index contributed by atoms with van der Waals surface area (Å²) in [5.74, 6) is 0.132. The van der Waals surface area contributed by atoms with Crippen molar-refractivity contribution in [1.29, 1.82) is 0 Å². The number of nitrogens with zero attached hydrogens (tertiary/aromatic N) is 2. The normalized spacial score (nSPS) is 25.6. The van der Waals surface area contributed by atoms with E-state index in [0.717, 1.165) is 15.7 Å². The number of aromatic nitrogens is 1. The van der Waals surface area contributed by atoms with Crippen molar-refractivity contribution in [3.63, 3.8) is 0 Å². The first-order valence-corrected chi connectivity index (χ1v) is 12.8. The van der Waals surface area contributed by atoms with E-state index < -0.39 is 24.2 Å². The molecule has 2 aliphatic rings. The highest BCUT2D eigenvalue weighted by molar-refractivity contribution is 8.14. The Morgan fingerprint density at radius 1 is 1.32 bits per heavy atom. The number of hydrogen-bond acceptors (Lipinski definition) is 9. The molecule has 0 saturated carbocycles. The van der Waals surface area contributed by atoms with Crippen LogP contribution in [0.5, 0.6) is 0 Å². The Kier molecular flexibility index (Phi) is 8.74.